The van der Waals surface area contributed by atoms with E-state index < -0.39 is 47.2 Å². The molecule has 210 valence electrons. The maximum absolute atomic E-state index is 14.4. The smallest absolute Gasteiger partial charge is 0.338 e. The van der Waals surface area contributed by atoms with Gasteiger partial charge in [-0.3, -0.25) is 14.4 Å². The second-order valence-electron chi connectivity index (χ2n) is 12.5. The van der Waals surface area contributed by atoms with Gasteiger partial charge in [-0.1, -0.05) is 45.0 Å². The van der Waals surface area contributed by atoms with Crippen LogP contribution >= 0.6 is 0 Å². The van der Waals surface area contributed by atoms with Crippen molar-refractivity contribution in [2.45, 2.75) is 84.2 Å². The molecule has 8 heteroatoms. The summed E-state index contributed by atoms with van der Waals surface area (Å²) >= 11 is 0. The summed E-state index contributed by atoms with van der Waals surface area (Å²) in [7, 11) is 0. The number of hydrogen-bond acceptors (Lipinski definition) is 8. The first-order valence-corrected chi connectivity index (χ1v) is 13.8. The third-order valence-corrected chi connectivity index (χ3v) is 9.50. The van der Waals surface area contributed by atoms with Crippen molar-refractivity contribution >= 4 is 23.7 Å². The van der Waals surface area contributed by atoms with Crippen LogP contribution in [-0.2, 0) is 33.3 Å². The molecule has 1 saturated heterocycles. The predicted octanol–water partition coefficient (Wildman–Crippen LogP) is 4.45. The van der Waals surface area contributed by atoms with Crippen molar-refractivity contribution in [3.05, 3.63) is 47.5 Å². The monoisotopic (exact) mass is 538 g/mol. The van der Waals surface area contributed by atoms with Gasteiger partial charge in [0.1, 0.15) is 17.8 Å². The van der Waals surface area contributed by atoms with Crippen LogP contribution in [0.1, 0.15) is 71.2 Å². The highest BCUT2D eigenvalue weighted by atomic mass is 16.6. The van der Waals surface area contributed by atoms with Gasteiger partial charge in [0.25, 0.3) is 0 Å². The van der Waals surface area contributed by atoms with Gasteiger partial charge in [-0.15, -0.1) is 0 Å². The minimum Gasteiger partial charge on any atom is -0.459 e. The fourth-order valence-corrected chi connectivity index (χ4v) is 7.36. The Morgan fingerprint density at radius 1 is 1.03 bits per heavy atom. The lowest BCUT2D eigenvalue weighted by Gasteiger charge is -2.41. The van der Waals surface area contributed by atoms with Crippen molar-refractivity contribution in [3.63, 3.8) is 0 Å². The Labute approximate surface area is 229 Å². The van der Waals surface area contributed by atoms with Gasteiger partial charge in [-0.25, -0.2) is 4.79 Å². The van der Waals surface area contributed by atoms with Crippen LogP contribution in [0.2, 0.25) is 0 Å². The molecule has 1 heterocycles. The number of allylic oxidation sites excluding steroid dienone is 1. The Morgan fingerprint density at radius 3 is 2.28 bits per heavy atom. The maximum atomic E-state index is 14.4. The van der Waals surface area contributed by atoms with Gasteiger partial charge in [0.05, 0.1) is 18.1 Å². The Morgan fingerprint density at radius 2 is 1.69 bits per heavy atom. The summed E-state index contributed by atoms with van der Waals surface area (Å²) in [4.78, 5) is 52.9. The van der Waals surface area contributed by atoms with E-state index in [-0.39, 0.29) is 29.5 Å². The molecule has 0 N–H and O–H groups in total. The molecular formula is C31H38O8. The Bertz CT molecular complexity index is 1210. The van der Waals surface area contributed by atoms with E-state index in [1.165, 1.54) is 13.8 Å². The summed E-state index contributed by atoms with van der Waals surface area (Å²) in [5.41, 5.74) is -1.68. The normalized spacial score (nSPS) is 38.4. The van der Waals surface area contributed by atoms with Crippen molar-refractivity contribution in [1.29, 1.82) is 0 Å². The van der Waals surface area contributed by atoms with E-state index in [1.54, 1.807) is 37.3 Å². The number of benzene rings is 1. The van der Waals surface area contributed by atoms with Gasteiger partial charge in [-0.2, -0.15) is 0 Å². The van der Waals surface area contributed by atoms with E-state index in [0.717, 1.165) is 6.42 Å². The van der Waals surface area contributed by atoms with Gasteiger partial charge < -0.3 is 18.9 Å². The van der Waals surface area contributed by atoms with Crippen LogP contribution in [0.4, 0.5) is 0 Å². The summed E-state index contributed by atoms with van der Waals surface area (Å²) in [6.07, 6.45) is 1.74. The molecule has 3 fully saturated rings. The number of hydrogen-bond donors (Lipinski definition) is 0. The molecule has 8 nitrogen and oxygen atoms in total. The van der Waals surface area contributed by atoms with Crippen LogP contribution in [-0.4, -0.2) is 53.7 Å². The SMILES string of the molecule is CC(=O)O[C@H]1[C@H]2[C@@H](OC(=O)c3ccccc3)[C@@H](C)C[C@]2(OC(C)=O)C(=O)C(C)=C[C@@H]2[C@H](CC[C@@]13CO3)C2(C)C. The first-order valence-electron chi connectivity index (χ1n) is 13.8. The number of carbonyl (C=O) groups excluding carboxylic acids is 4. The van der Waals surface area contributed by atoms with Crippen molar-refractivity contribution in [3.8, 4) is 0 Å². The molecular weight excluding hydrogens is 500 g/mol. The molecule has 0 bridgehead atoms. The number of esters is 3. The van der Waals surface area contributed by atoms with E-state index in [1.807, 2.05) is 13.0 Å². The first-order chi connectivity index (χ1) is 18.3. The fraction of sp³-hybridized carbons (Fsp3) is 0.613. The molecule has 8 atom stereocenters. The molecule has 2 saturated carbocycles. The summed E-state index contributed by atoms with van der Waals surface area (Å²) in [5, 5.41) is 0. The molecule has 0 radical (unpaired) electrons. The maximum Gasteiger partial charge on any atom is 0.338 e. The van der Waals surface area contributed by atoms with Gasteiger partial charge in [0, 0.05) is 20.3 Å². The van der Waals surface area contributed by atoms with Crippen LogP contribution in [0.25, 0.3) is 0 Å². The Kier molecular flexibility index (Phi) is 6.77. The largest absolute Gasteiger partial charge is 0.459 e. The van der Waals surface area contributed by atoms with E-state index in [9.17, 15) is 19.2 Å². The number of Topliss-reactive ketones (excluding diaryl/α,β-unsaturated/α-hetero) is 1. The number of fused-ring (bicyclic) bond motifs is 2. The van der Waals surface area contributed by atoms with Crippen molar-refractivity contribution in [2.75, 3.05) is 6.61 Å². The molecule has 3 aliphatic carbocycles. The highest BCUT2D eigenvalue weighted by Gasteiger charge is 2.71. The molecule has 39 heavy (non-hydrogen) atoms. The van der Waals surface area contributed by atoms with Crippen molar-refractivity contribution in [2.24, 2.45) is 29.1 Å². The molecule has 4 aliphatic rings. The zero-order valence-corrected chi connectivity index (χ0v) is 23.5. The van der Waals surface area contributed by atoms with Gasteiger partial charge in [-0.05, 0) is 60.6 Å². The summed E-state index contributed by atoms with van der Waals surface area (Å²) in [6.45, 7) is 10.9. The lowest BCUT2D eigenvalue weighted by Crippen LogP contribution is -2.58. The Hall–Kier alpha value is -3.00. The van der Waals surface area contributed by atoms with Crippen LogP contribution < -0.4 is 0 Å². The number of ketones is 1. The minimum atomic E-state index is -1.69. The minimum absolute atomic E-state index is 0.0124. The van der Waals surface area contributed by atoms with E-state index in [2.05, 4.69) is 13.8 Å². The summed E-state index contributed by atoms with van der Waals surface area (Å²) < 4.78 is 24.2. The molecule has 1 aromatic rings. The zero-order valence-electron chi connectivity index (χ0n) is 23.5. The first kappa shape index (κ1) is 27.6. The lowest BCUT2D eigenvalue weighted by molar-refractivity contribution is -0.186. The average molecular weight is 539 g/mol. The summed E-state index contributed by atoms with van der Waals surface area (Å²) in [6, 6.07) is 8.59. The zero-order chi connectivity index (χ0) is 28.3. The molecule has 1 spiro atoms. The molecule has 5 rings (SSSR count). The van der Waals surface area contributed by atoms with E-state index in [0.29, 0.717) is 30.1 Å². The van der Waals surface area contributed by atoms with Gasteiger partial charge in [0.2, 0.25) is 5.78 Å². The number of ether oxygens (including phenoxy) is 4. The molecule has 0 aromatic heterocycles. The Balaban J connectivity index is 1.66. The van der Waals surface area contributed by atoms with Gasteiger partial charge in [0.15, 0.2) is 5.60 Å². The van der Waals surface area contributed by atoms with E-state index in [4.69, 9.17) is 18.9 Å². The second kappa shape index (κ2) is 9.58. The molecule has 0 amide bonds. The lowest BCUT2D eigenvalue weighted by atomic mass is 9.74. The van der Waals surface area contributed by atoms with Crippen LogP contribution in [0, 0.1) is 29.1 Å². The number of rotatable bonds is 4. The van der Waals surface area contributed by atoms with Crippen LogP contribution in [0.3, 0.4) is 0 Å². The highest BCUT2D eigenvalue weighted by molar-refractivity contribution is 6.03. The quantitative estimate of drug-likeness (QED) is 0.314. The standard InChI is InChI=1S/C31H38O8/c1-17-14-23-22(29(23,5)6)12-13-30(16-36-30)27(37-19(3)32)24-25(38-28(35)21-10-8-7-9-11-21)18(2)15-31(24,26(17)34)39-20(4)33/h7-11,14,18,22-25,27H,12-13,15-16H2,1-6H3/t18-,22-,23+,24+,25-,27-,30+,31+/m0/s1. The number of epoxide rings is 1. The van der Waals surface area contributed by atoms with E-state index >= 15 is 0 Å². The van der Waals surface area contributed by atoms with Crippen LogP contribution in [0.15, 0.2) is 42.0 Å². The highest BCUT2D eigenvalue weighted by Crippen LogP contribution is 2.64. The third-order valence-electron chi connectivity index (χ3n) is 9.50. The molecule has 1 aromatic carbocycles. The third kappa shape index (κ3) is 4.71. The molecule has 1 aliphatic heterocycles. The fourth-order valence-electron chi connectivity index (χ4n) is 7.36. The van der Waals surface area contributed by atoms with Crippen molar-refractivity contribution in [1.82, 2.24) is 0 Å². The molecule has 0 unspecified atom stereocenters. The predicted molar refractivity (Wildman–Crippen MR) is 140 cm³/mol. The van der Waals surface area contributed by atoms with Crippen molar-refractivity contribution < 1.29 is 38.1 Å². The van der Waals surface area contributed by atoms with Gasteiger partial charge >= 0.3 is 17.9 Å². The second-order valence-corrected chi connectivity index (χ2v) is 12.5. The van der Waals surface area contributed by atoms with Crippen LogP contribution in [0.5, 0.6) is 0 Å². The topological polar surface area (TPSA) is 108 Å². The summed E-state index contributed by atoms with van der Waals surface area (Å²) in [5.74, 6) is -2.86. The average Bonchev–Trinajstić information content (AvgIpc) is 3.73. The number of carbonyl (C=O) groups is 4.